The first kappa shape index (κ1) is 42.6. The van der Waals surface area contributed by atoms with E-state index >= 15 is 0 Å². The zero-order chi connectivity index (χ0) is 34.0. The number of aliphatic hydroxyl groups is 1. The minimum atomic E-state index is -1.56. The maximum absolute atomic E-state index is 12.5. The molecule has 2 aliphatic carbocycles. The van der Waals surface area contributed by atoms with Gasteiger partial charge < -0.3 is 26.0 Å². The van der Waals surface area contributed by atoms with Gasteiger partial charge in [0.15, 0.2) is 11.3 Å². The van der Waals surface area contributed by atoms with Gasteiger partial charge in [0.2, 0.25) is 12.4 Å². The third kappa shape index (κ3) is 16.9. The van der Waals surface area contributed by atoms with E-state index in [1.165, 1.54) is 51.3 Å². The number of halogens is 2. The average molecular weight is 622 g/mol. The molecule has 2 heterocycles. The lowest BCUT2D eigenvalue weighted by atomic mass is 9.84. The summed E-state index contributed by atoms with van der Waals surface area (Å²) in [6.07, 6.45) is 24.2. The number of alkyl halides is 2. The number of nitrogens with one attached hydrogen (secondary N) is 2. The molecule has 2 aromatic heterocycles. The molecule has 4 rings (SSSR count). The summed E-state index contributed by atoms with van der Waals surface area (Å²) in [6.45, 7) is 11.2. The topological polar surface area (TPSA) is 131 Å². The van der Waals surface area contributed by atoms with E-state index in [0.29, 0.717) is 31.6 Å². The SMILES string of the molecule is C#CC(C)(F)/C=C\C.C/C=C/N.CC.CC1CC(O)CCC1n1cnc2cnc(NC3CCCCC3)nc21.CF.CNC=O. The van der Waals surface area contributed by atoms with Crippen LogP contribution in [0, 0.1) is 18.3 Å². The number of hydrogen-bond acceptors (Lipinski definition) is 7. The molecule has 2 aliphatic rings. The standard InChI is InChI=1S/C18H27N5O.C7H9F.C3H7N.C2H5NO.C2H6.CH3F/c1-12-9-14(24)7-8-16(12)23-11-20-15-10-19-18(22-17(15)23)21-13-5-3-2-4-6-13;1-4-6-7(3,8)5-2;1-2-3-4;1-3-2-4;2*1-2/h10-14,16,24H,2-9H2,1H3,(H,19,21,22);2,4,6H,1,3H3;2-3H,4H2,1H3;2H,1H3,(H,3,4);1-2H3;1H3/b;6-4-;3-2+;;;. The highest BCUT2D eigenvalue weighted by Gasteiger charge is 2.29. The lowest BCUT2D eigenvalue weighted by molar-refractivity contribution is -0.109. The van der Waals surface area contributed by atoms with E-state index in [-0.39, 0.29) is 6.10 Å². The van der Waals surface area contributed by atoms with Gasteiger partial charge in [0.1, 0.15) is 5.52 Å². The molecular formula is C33H57F2N7O2. The second kappa shape index (κ2) is 25.9. The number of nitrogens with two attached hydrogens (primary N) is 1. The van der Waals surface area contributed by atoms with Crippen molar-refractivity contribution >= 4 is 23.5 Å². The molecule has 0 aliphatic heterocycles. The predicted molar refractivity (Wildman–Crippen MR) is 180 cm³/mol. The normalized spacial score (nSPS) is 20.6. The number of fused-ring (bicyclic) bond motifs is 1. The first-order valence-corrected chi connectivity index (χ1v) is 15.4. The molecule has 4 unspecified atom stereocenters. The van der Waals surface area contributed by atoms with Crippen LogP contribution in [0.15, 0.2) is 37.0 Å². The van der Waals surface area contributed by atoms with Gasteiger partial charge >= 0.3 is 0 Å². The number of aliphatic hydroxyl groups excluding tert-OH is 1. The maximum atomic E-state index is 12.5. The van der Waals surface area contributed by atoms with Crippen LogP contribution in [0.2, 0.25) is 0 Å². The maximum Gasteiger partial charge on any atom is 0.224 e. The van der Waals surface area contributed by atoms with E-state index in [1.54, 1.807) is 26.1 Å². The van der Waals surface area contributed by atoms with Gasteiger partial charge in [0, 0.05) is 19.1 Å². The Balaban J connectivity index is 0. The van der Waals surface area contributed by atoms with Crippen molar-refractivity contribution in [2.75, 3.05) is 19.5 Å². The number of rotatable bonds is 5. The summed E-state index contributed by atoms with van der Waals surface area (Å²) in [5, 5.41) is 15.6. The Morgan fingerprint density at radius 2 is 1.73 bits per heavy atom. The van der Waals surface area contributed by atoms with Gasteiger partial charge in [-0.25, -0.2) is 14.4 Å². The molecule has 2 saturated carbocycles. The van der Waals surface area contributed by atoms with Crippen molar-refractivity contribution in [3.05, 3.63) is 37.0 Å². The highest BCUT2D eigenvalue weighted by atomic mass is 19.1. The van der Waals surface area contributed by atoms with Crippen molar-refractivity contribution < 1.29 is 18.7 Å². The summed E-state index contributed by atoms with van der Waals surface area (Å²) in [5.41, 5.74) is 5.05. The van der Waals surface area contributed by atoms with Crippen molar-refractivity contribution in [3.63, 3.8) is 0 Å². The molecular weight excluding hydrogens is 564 g/mol. The third-order valence-electron chi connectivity index (χ3n) is 6.78. The number of imidazole rings is 1. The summed E-state index contributed by atoms with van der Waals surface area (Å²) in [5.74, 6) is 3.14. The van der Waals surface area contributed by atoms with Crippen LogP contribution in [0.5, 0.6) is 0 Å². The van der Waals surface area contributed by atoms with E-state index in [1.807, 2.05) is 39.2 Å². The van der Waals surface area contributed by atoms with Gasteiger partial charge in [0.25, 0.3) is 0 Å². The van der Waals surface area contributed by atoms with Gasteiger partial charge in [-0.2, -0.15) is 4.98 Å². The van der Waals surface area contributed by atoms with Crippen molar-refractivity contribution in [1.82, 2.24) is 24.8 Å². The van der Waals surface area contributed by atoms with Crippen LogP contribution in [0.25, 0.3) is 11.2 Å². The molecule has 4 atom stereocenters. The number of terminal acetylenes is 1. The number of carbonyl (C=O) groups is 1. The van der Waals surface area contributed by atoms with Crippen molar-refractivity contribution in [2.45, 2.75) is 117 Å². The van der Waals surface area contributed by atoms with Crippen LogP contribution >= 0.6 is 0 Å². The van der Waals surface area contributed by atoms with Gasteiger partial charge in [-0.3, -0.25) is 9.18 Å². The number of hydrogen-bond donors (Lipinski definition) is 4. The van der Waals surface area contributed by atoms with Gasteiger partial charge in [-0.1, -0.05) is 58.1 Å². The van der Waals surface area contributed by atoms with Crippen LogP contribution < -0.4 is 16.4 Å². The highest BCUT2D eigenvalue weighted by Crippen LogP contribution is 2.35. The Kier molecular flexibility index (Phi) is 25.1. The zero-order valence-electron chi connectivity index (χ0n) is 28.1. The number of allylic oxidation sites excluding steroid dienone is 3. The second-order valence-corrected chi connectivity index (χ2v) is 10.2. The number of aromatic nitrogens is 4. The van der Waals surface area contributed by atoms with Crippen molar-refractivity contribution in [1.29, 1.82) is 0 Å². The summed E-state index contributed by atoms with van der Waals surface area (Å²) >= 11 is 0. The monoisotopic (exact) mass is 621 g/mol. The molecule has 9 nitrogen and oxygen atoms in total. The van der Waals surface area contributed by atoms with E-state index < -0.39 is 5.67 Å². The molecule has 0 aromatic carbocycles. The Hall–Kier alpha value is -3.52. The summed E-state index contributed by atoms with van der Waals surface area (Å²) in [4.78, 5) is 22.8. The molecule has 44 heavy (non-hydrogen) atoms. The summed E-state index contributed by atoms with van der Waals surface area (Å²) < 4.78 is 24.2. The van der Waals surface area contributed by atoms with Crippen LogP contribution in [0.3, 0.4) is 0 Å². The molecule has 11 heteroatoms. The Morgan fingerprint density at radius 3 is 2.18 bits per heavy atom. The lowest BCUT2D eigenvalue weighted by Gasteiger charge is -2.32. The summed E-state index contributed by atoms with van der Waals surface area (Å²) in [6, 6.07) is 0.854. The molecule has 0 bridgehead atoms. The number of carbonyl (C=O) groups excluding carboxylic acids is 1. The van der Waals surface area contributed by atoms with Crippen molar-refractivity contribution in [2.24, 2.45) is 11.7 Å². The smallest absolute Gasteiger partial charge is 0.224 e. The minimum absolute atomic E-state index is 0.163. The number of anilines is 1. The molecule has 1 amide bonds. The van der Waals surface area contributed by atoms with E-state index in [4.69, 9.17) is 21.9 Å². The van der Waals surface area contributed by atoms with Crippen LogP contribution in [0.4, 0.5) is 14.7 Å². The minimum Gasteiger partial charge on any atom is -0.405 e. The second-order valence-electron chi connectivity index (χ2n) is 10.2. The average Bonchev–Trinajstić information content (AvgIpc) is 3.47. The molecule has 0 radical (unpaired) electrons. The Labute approximate surface area is 264 Å². The fourth-order valence-electron chi connectivity index (χ4n) is 4.69. The fraction of sp³-hybridized carbons (Fsp3) is 0.636. The van der Waals surface area contributed by atoms with Crippen LogP contribution in [0.1, 0.15) is 99.0 Å². The molecule has 0 spiro atoms. The predicted octanol–water partition coefficient (Wildman–Crippen LogP) is 6.67. The Morgan fingerprint density at radius 1 is 1.14 bits per heavy atom. The zero-order valence-corrected chi connectivity index (χ0v) is 28.1. The lowest BCUT2D eigenvalue weighted by Crippen LogP contribution is -2.28. The molecule has 5 N–H and O–H groups in total. The number of amides is 1. The first-order valence-electron chi connectivity index (χ1n) is 15.4. The van der Waals surface area contributed by atoms with Gasteiger partial charge in [-0.15, -0.1) is 6.42 Å². The van der Waals surface area contributed by atoms with E-state index in [9.17, 15) is 13.9 Å². The first-order chi connectivity index (χ1) is 21.2. The fourth-order valence-corrected chi connectivity index (χ4v) is 4.69. The van der Waals surface area contributed by atoms with Crippen LogP contribution in [-0.2, 0) is 4.79 Å². The molecule has 2 fully saturated rings. The molecule has 0 saturated heterocycles. The van der Waals surface area contributed by atoms with Crippen molar-refractivity contribution in [3.8, 4) is 12.3 Å². The highest BCUT2D eigenvalue weighted by molar-refractivity contribution is 5.71. The quantitative estimate of drug-likeness (QED) is 0.167. The Bertz CT molecular complexity index is 1090. The van der Waals surface area contributed by atoms with E-state index in [0.717, 1.165) is 36.4 Å². The number of nitrogens with zero attached hydrogens (tertiary/aromatic N) is 4. The largest absolute Gasteiger partial charge is 0.405 e. The summed E-state index contributed by atoms with van der Waals surface area (Å²) in [7, 11) is 2.06. The van der Waals surface area contributed by atoms with Gasteiger partial charge in [0.05, 0.1) is 25.8 Å². The van der Waals surface area contributed by atoms with Crippen LogP contribution in [-0.4, -0.2) is 63.1 Å². The molecule has 250 valence electrons. The van der Waals surface area contributed by atoms with Gasteiger partial charge in [-0.05, 0) is 71.1 Å². The molecule has 2 aromatic rings. The van der Waals surface area contributed by atoms with E-state index in [2.05, 4.69) is 32.1 Å². The third-order valence-corrected chi connectivity index (χ3v) is 6.78.